The molecule has 0 spiro atoms. The maximum atomic E-state index is 4.34. The van der Waals surface area contributed by atoms with Crippen LogP contribution in [0.5, 0.6) is 0 Å². The first kappa shape index (κ1) is 14.1. The van der Waals surface area contributed by atoms with Crippen LogP contribution in [0.15, 0.2) is 36.8 Å². The molecule has 0 aliphatic carbocycles. The van der Waals surface area contributed by atoms with E-state index in [0.29, 0.717) is 6.04 Å². The molecule has 111 valence electrons. The number of nitrogens with one attached hydrogen (secondary N) is 1. The van der Waals surface area contributed by atoms with Gasteiger partial charge in [-0.1, -0.05) is 13.3 Å². The summed E-state index contributed by atoms with van der Waals surface area (Å²) >= 11 is 0. The van der Waals surface area contributed by atoms with Crippen LogP contribution in [0.4, 0.5) is 5.95 Å². The molecule has 1 saturated heterocycles. The fourth-order valence-electron chi connectivity index (χ4n) is 2.97. The molecule has 2 aromatic rings. The SMILES string of the molecule is [CH2]CCC(c1ccc[nH]1)N1CCN(c2ncccn2)CC1. The summed E-state index contributed by atoms with van der Waals surface area (Å²) in [6, 6.07) is 6.54. The van der Waals surface area contributed by atoms with Gasteiger partial charge in [-0.2, -0.15) is 0 Å². The highest BCUT2D eigenvalue weighted by Gasteiger charge is 2.25. The lowest BCUT2D eigenvalue weighted by molar-refractivity contribution is 0.174. The van der Waals surface area contributed by atoms with Gasteiger partial charge in [-0.25, -0.2) is 9.97 Å². The van der Waals surface area contributed by atoms with Gasteiger partial charge in [-0.15, -0.1) is 0 Å². The molecule has 5 nitrogen and oxygen atoms in total. The van der Waals surface area contributed by atoms with Crippen LogP contribution in [0, 0.1) is 6.92 Å². The largest absolute Gasteiger partial charge is 0.364 e. The summed E-state index contributed by atoms with van der Waals surface area (Å²) in [6.07, 6.45) is 7.64. The summed E-state index contributed by atoms with van der Waals surface area (Å²) < 4.78 is 0. The predicted molar refractivity (Wildman–Crippen MR) is 83.9 cm³/mol. The first-order chi connectivity index (χ1) is 10.4. The molecule has 0 aromatic carbocycles. The van der Waals surface area contributed by atoms with Crippen LogP contribution in [0.1, 0.15) is 24.6 Å². The monoisotopic (exact) mass is 284 g/mol. The quantitative estimate of drug-likeness (QED) is 0.915. The third-order valence-electron chi connectivity index (χ3n) is 4.05. The van der Waals surface area contributed by atoms with Gasteiger partial charge in [-0.05, 0) is 24.6 Å². The highest BCUT2D eigenvalue weighted by atomic mass is 15.3. The second kappa shape index (κ2) is 6.72. The van der Waals surface area contributed by atoms with Gasteiger partial charge in [0.05, 0.1) is 0 Å². The van der Waals surface area contributed by atoms with Crippen LogP contribution in [0.3, 0.4) is 0 Å². The van der Waals surface area contributed by atoms with Crippen LogP contribution in [0.25, 0.3) is 0 Å². The molecular formula is C16H22N5. The first-order valence-corrected chi connectivity index (χ1v) is 7.57. The standard InChI is InChI=1S/C16H22N5/c1-2-5-15(14-6-3-7-17-14)20-10-12-21(13-11-20)16-18-8-4-9-19-16/h3-4,6-9,15,17H,1-2,5,10-13H2. The van der Waals surface area contributed by atoms with E-state index in [0.717, 1.165) is 45.0 Å². The van der Waals surface area contributed by atoms with Gasteiger partial charge >= 0.3 is 0 Å². The van der Waals surface area contributed by atoms with Crippen molar-refractivity contribution in [1.82, 2.24) is 19.9 Å². The number of nitrogens with zero attached hydrogens (tertiary/aromatic N) is 4. The van der Waals surface area contributed by atoms with Gasteiger partial charge in [-0.3, -0.25) is 4.90 Å². The lowest BCUT2D eigenvalue weighted by Crippen LogP contribution is -2.48. The number of aromatic nitrogens is 3. The maximum Gasteiger partial charge on any atom is 0.225 e. The topological polar surface area (TPSA) is 48.1 Å². The minimum Gasteiger partial charge on any atom is -0.364 e. The number of H-pyrrole nitrogens is 1. The number of piperazine rings is 1. The first-order valence-electron chi connectivity index (χ1n) is 7.57. The van der Waals surface area contributed by atoms with Crippen molar-refractivity contribution >= 4 is 5.95 Å². The third kappa shape index (κ3) is 3.24. The van der Waals surface area contributed by atoms with Crippen molar-refractivity contribution in [3.63, 3.8) is 0 Å². The molecule has 0 amide bonds. The third-order valence-corrected chi connectivity index (χ3v) is 4.05. The second-order valence-electron chi connectivity index (χ2n) is 5.36. The van der Waals surface area contributed by atoms with Crippen molar-refractivity contribution in [1.29, 1.82) is 0 Å². The lowest BCUT2D eigenvalue weighted by Gasteiger charge is -2.39. The fourth-order valence-corrected chi connectivity index (χ4v) is 2.97. The van der Waals surface area contributed by atoms with Crippen molar-refractivity contribution in [2.45, 2.75) is 18.9 Å². The predicted octanol–water partition coefficient (Wildman–Crippen LogP) is 2.28. The minimum absolute atomic E-state index is 0.441. The summed E-state index contributed by atoms with van der Waals surface area (Å²) in [5.41, 5.74) is 1.29. The van der Waals surface area contributed by atoms with E-state index in [9.17, 15) is 0 Å². The molecule has 3 heterocycles. The van der Waals surface area contributed by atoms with Crippen molar-refractivity contribution in [2.75, 3.05) is 31.1 Å². The molecule has 2 aromatic heterocycles. The molecule has 1 unspecified atom stereocenters. The van der Waals surface area contributed by atoms with Crippen LogP contribution in [0.2, 0.25) is 0 Å². The summed E-state index contributed by atoms with van der Waals surface area (Å²) in [5, 5.41) is 0. The molecule has 1 aliphatic rings. The second-order valence-corrected chi connectivity index (χ2v) is 5.36. The Bertz CT molecular complexity index is 517. The van der Waals surface area contributed by atoms with Crippen molar-refractivity contribution in [3.05, 3.63) is 49.4 Å². The smallest absolute Gasteiger partial charge is 0.225 e. The average molecular weight is 284 g/mol. The van der Waals surface area contributed by atoms with E-state index < -0.39 is 0 Å². The lowest BCUT2D eigenvalue weighted by atomic mass is 10.1. The highest BCUT2D eigenvalue weighted by molar-refractivity contribution is 5.29. The minimum atomic E-state index is 0.441. The molecule has 5 heteroatoms. The molecule has 1 fully saturated rings. The summed E-state index contributed by atoms with van der Waals surface area (Å²) in [4.78, 5) is 16.8. The number of anilines is 1. The van der Waals surface area contributed by atoms with Gasteiger partial charge in [0.15, 0.2) is 0 Å². The summed E-state index contributed by atoms with van der Waals surface area (Å²) in [7, 11) is 0. The molecule has 1 radical (unpaired) electrons. The van der Waals surface area contributed by atoms with Gasteiger partial charge < -0.3 is 9.88 Å². The Kier molecular flexibility index (Phi) is 4.50. The van der Waals surface area contributed by atoms with Crippen molar-refractivity contribution in [3.8, 4) is 0 Å². The number of aromatic amines is 1. The zero-order chi connectivity index (χ0) is 14.5. The summed E-state index contributed by atoms with van der Waals surface area (Å²) in [6.45, 7) is 8.02. The Morgan fingerprint density at radius 1 is 1.14 bits per heavy atom. The molecular weight excluding hydrogens is 262 g/mol. The van der Waals surface area contributed by atoms with Crippen LogP contribution < -0.4 is 4.90 Å². The number of hydrogen-bond donors (Lipinski definition) is 1. The highest BCUT2D eigenvalue weighted by Crippen LogP contribution is 2.26. The Hall–Kier alpha value is -1.88. The van der Waals surface area contributed by atoms with Crippen LogP contribution in [-0.4, -0.2) is 46.0 Å². The molecule has 21 heavy (non-hydrogen) atoms. The van der Waals surface area contributed by atoms with E-state index in [4.69, 9.17) is 0 Å². The van der Waals surface area contributed by atoms with E-state index in [1.807, 2.05) is 12.3 Å². The molecule has 1 atom stereocenters. The van der Waals surface area contributed by atoms with Crippen molar-refractivity contribution < 1.29 is 0 Å². The molecule has 0 bridgehead atoms. The molecule has 3 rings (SSSR count). The Morgan fingerprint density at radius 3 is 2.52 bits per heavy atom. The molecule has 1 N–H and O–H groups in total. The van der Waals surface area contributed by atoms with E-state index in [1.54, 1.807) is 12.4 Å². The van der Waals surface area contributed by atoms with E-state index in [2.05, 4.69) is 43.8 Å². The van der Waals surface area contributed by atoms with Gasteiger partial charge in [0.1, 0.15) is 0 Å². The maximum absolute atomic E-state index is 4.34. The number of hydrogen-bond acceptors (Lipinski definition) is 4. The van der Waals surface area contributed by atoms with Gasteiger partial charge in [0, 0.05) is 56.5 Å². The molecule has 0 saturated carbocycles. The molecule has 1 aliphatic heterocycles. The fraction of sp³-hybridized carbons (Fsp3) is 0.438. The van der Waals surface area contributed by atoms with E-state index in [1.165, 1.54) is 5.69 Å². The summed E-state index contributed by atoms with van der Waals surface area (Å²) in [5.74, 6) is 0.839. The zero-order valence-corrected chi connectivity index (χ0v) is 12.3. The van der Waals surface area contributed by atoms with Crippen LogP contribution in [-0.2, 0) is 0 Å². The van der Waals surface area contributed by atoms with Gasteiger partial charge in [0.25, 0.3) is 0 Å². The van der Waals surface area contributed by atoms with Crippen LogP contribution >= 0.6 is 0 Å². The zero-order valence-electron chi connectivity index (χ0n) is 12.3. The average Bonchev–Trinajstić information content (AvgIpc) is 3.08. The van der Waals surface area contributed by atoms with Crippen molar-refractivity contribution in [2.24, 2.45) is 0 Å². The normalized spacial score (nSPS) is 17.9. The Morgan fingerprint density at radius 2 is 1.90 bits per heavy atom. The van der Waals surface area contributed by atoms with E-state index >= 15 is 0 Å². The number of rotatable bonds is 5. The van der Waals surface area contributed by atoms with Gasteiger partial charge in [0.2, 0.25) is 5.95 Å². The van der Waals surface area contributed by atoms with E-state index in [-0.39, 0.29) is 0 Å². The Balaban J connectivity index is 1.64. The Labute approximate surface area is 126 Å².